The lowest BCUT2D eigenvalue weighted by atomic mass is 9.87. The van der Waals surface area contributed by atoms with E-state index in [1.54, 1.807) is 30.3 Å². The highest BCUT2D eigenvalue weighted by atomic mass is 32.1. The summed E-state index contributed by atoms with van der Waals surface area (Å²) in [6, 6.07) is 14.0. The lowest BCUT2D eigenvalue weighted by molar-refractivity contribution is -0.125. The number of aromatic nitrogens is 1. The van der Waals surface area contributed by atoms with Crippen LogP contribution in [0.5, 0.6) is 11.5 Å². The molecule has 0 N–H and O–H groups in total. The highest BCUT2D eigenvalue weighted by molar-refractivity contribution is 7.09. The van der Waals surface area contributed by atoms with Gasteiger partial charge in [-0.2, -0.15) is 0 Å². The summed E-state index contributed by atoms with van der Waals surface area (Å²) >= 11 is 1.61. The van der Waals surface area contributed by atoms with E-state index in [1.807, 2.05) is 35.7 Å². The van der Waals surface area contributed by atoms with Gasteiger partial charge < -0.3 is 19.1 Å². The normalized spacial score (nSPS) is 15.7. The topological polar surface area (TPSA) is 60.9 Å². The maximum atomic E-state index is 13.0. The molecule has 7 heteroatoms. The van der Waals surface area contributed by atoms with Crippen molar-refractivity contribution in [2.24, 2.45) is 0 Å². The fourth-order valence-electron chi connectivity index (χ4n) is 3.85. The fourth-order valence-corrected chi connectivity index (χ4v) is 4.64. The predicted molar refractivity (Wildman–Crippen MR) is 136 cm³/mol. The SMILES string of the molecule is COCCc1nc(-c2ccc3c(c2)N(CCOc2ccc(C(C)(C)C)cc2)C(=O)C(C)O3)cs1. The van der Waals surface area contributed by atoms with Crippen LogP contribution < -0.4 is 14.4 Å². The molecule has 0 spiro atoms. The Bertz CT molecular complexity index is 1130. The Hall–Kier alpha value is -2.90. The largest absolute Gasteiger partial charge is 0.492 e. The number of benzene rings is 2. The molecule has 1 aliphatic rings. The van der Waals surface area contributed by atoms with Gasteiger partial charge in [-0.1, -0.05) is 32.9 Å². The first kappa shape index (κ1) is 24.2. The molecule has 0 radical (unpaired) electrons. The highest BCUT2D eigenvalue weighted by Gasteiger charge is 2.31. The van der Waals surface area contributed by atoms with Crippen LogP contribution in [0.15, 0.2) is 47.8 Å². The summed E-state index contributed by atoms with van der Waals surface area (Å²) in [7, 11) is 1.69. The average Bonchev–Trinajstić information content (AvgIpc) is 3.29. The Labute approximate surface area is 205 Å². The number of carbonyl (C=O) groups excluding carboxylic acids is 1. The third-order valence-corrected chi connectivity index (χ3v) is 6.75. The average molecular weight is 481 g/mol. The number of methoxy groups -OCH3 is 1. The number of anilines is 1. The Morgan fingerprint density at radius 3 is 2.59 bits per heavy atom. The van der Waals surface area contributed by atoms with Crippen LogP contribution in [0.2, 0.25) is 0 Å². The number of thiazole rings is 1. The van der Waals surface area contributed by atoms with Crippen LogP contribution >= 0.6 is 11.3 Å². The van der Waals surface area contributed by atoms with E-state index in [0.29, 0.717) is 25.5 Å². The lowest BCUT2D eigenvalue weighted by Crippen LogP contribution is -2.46. The van der Waals surface area contributed by atoms with E-state index in [1.165, 1.54) is 5.56 Å². The molecule has 0 fully saturated rings. The van der Waals surface area contributed by atoms with E-state index in [9.17, 15) is 4.79 Å². The summed E-state index contributed by atoms with van der Waals surface area (Å²) in [6.45, 7) is 9.79. The molecule has 1 aliphatic heterocycles. The number of amides is 1. The van der Waals surface area contributed by atoms with E-state index in [0.717, 1.165) is 34.1 Å². The molecule has 1 atom stereocenters. The Kier molecular flexibility index (Phi) is 7.24. The summed E-state index contributed by atoms with van der Waals surface area (Å²) in [5, 5.41) is 3.06. The summed E-state index contributed by atoms with van der Waals surface area (Å²) in [5.41, 5.74) is 3.94. The summed E-state index contributed by atoms with van der Waals surface area (Å²) in [5.74, 6) is 1.41. The second-order valence-corrected chi connectivity index (χ2v) is 10.4. The summed E-state index contributed by atoms with van der Waals surface area (Å²) in [4.78, 5) is 19.5. The third-order valence-electron chi connectivity index (χ3n) is 5.84. The van der Waals surface area contributed by atoms with Crippen molar-refractivity contribution in [3.8, 4) is 22.8 Å². The van der Waals surface area contributed by atoms with Crippen LogP contribution in [0.25, 0.3) is 11.3 Å². The van der Waals surface area contributed by atoms with Gasteiger partial charge in [-0.05, 0) is 48.2 Å². The van der Waals surface area contributed by atoms with Crippen molar-refractivity contribution in [1.29, 1.82) is 0 Å². The van der Waals surface area contributed by atoms with Crippen molar-refractivity contribution < 1.29 is 19.0 Å². The van der Waals surface area contributed by atoms with Crippen LogP contribution in [0.3, 0.4) is 0 Å². The maximum absolute atomic E-state index is 13.0. The summed E-state index contributed by atoms with van der Waals surface area (Å²) < 4.78 is 17.0. The summed E-state index contributed by atoms with van der Waals surface area (Å²) in [6.07, 6.45) is 0.245. The number of rotatable bonds is 8. The zero-order valence-corrected chi connectivity index (χ0v) is 21.3. The molecule has 2 aromatic carbocycles. The first-order valence-electron chi connectivity index (χ1n) is 11.6. The minimum atomic E-state index is -0.538. The van der Waals surface area contributed by atoms with Crippen molar-refractivity contribution in [1.82, 2.24) is 4.98 Å². The highest BCUT2D eigenvalue weighted by Crippen LogP contribution is 2.37. The minimum absolute atomic E-state index is 0.0737. The molecule has 1 aromatic heterocycles. The Morgan fingerprint density at radius 2 is 1.88 bits per heavy atom. The van der Waals surface area contributed by atoms with Crippen LogP contribution in [0.1, 0.15) is 38.3 Å². The van der Waals surface area contributed by atoms with Gasteiger partial charge in [0.05, 0.1) is 29.5 Å². The Morgan fingerprint density at radius 1 is 1.12 bits per heavy atom. The van der Waals surface area contributed by atoms with Crippen molar-refractivity contribution in [2.45, 2.75) is 45.6 Å². The molecule has 2 heterocycles. The van der Waals surface area contributed by atoms with E-state index in [4.69, 9.17) is 19.2 Å². The molecule has 0 aliphatic carbocycles. The number of hydrogen-bond donors (Lipinski definition) is 0. The number of ether oxygens (including phenoxy) is 3. The van der Waals surface area contributed by atoms with Crippen LogP contribution in [-0.4, -0.2) is 43.9 Å². The molecule has 6 nitrogen and oxygen atoms in total. The van der Waals surface area contributed by atoms with E-state index < -0.39 is 6.10 Å². The third kappa shape index (κ3) is 5.42. The molecule has 4 rings (SSSR count). The van der Waals surface area contributed by atoms with Gasteiger partial charge in [0.2, 0.25) is 0 Å². The van der Waals surface area contributed by atoms with Gasteiger partial charge in [-0.15, -0.1) is 11.3 Å². The number of hydrogen-bond acceptors (Lipinski definition) is 6. The molecular formula is C27H32N2O4S. The zero-order chi connectivity index (χ0) is 24.3. The van der Waals surface area contributed by atoms with Gasteiger partial charge in [-0.3, -0.25) is 4.79 Å². The van der Waals surface area contributed by atoms with Crippen molar-refractivity contribution in [3.05, 3.63) is 58.4 Å². The fraction of sp³-hybridized carbons (Fsp3) is 0.407. The molecule has 0 saturated heterocycles. The molecular weight excluding hydrogens is 448 g/mol. The van der Waals surface area contributed by atoms with Crippen LogP contribution in [0, 0.1) is 0 Å². The standard InChI is InChI=1S/C27H32N2O4S/c1-18-26(30)29(13-15-32-21-9-7-20(8-10-21)27(2,3)4)23-16-19(6-11-24(23)33-18)22-17-34-25(28-22)12-14-31-5/h6-11,16-18H,12-15H2,1-5H3. The molecule has 3 aromatic rings. The Balaban J connectivity index is 1.49. The smallest absolute Gasteiger partial charge is 0.267 e. The zero-order valence-electron chi connectivity index (χ0n) is 20.5. The number of nitrogens with zero attached hydrogens (tertiary/aromatic N) is 2. The minimum Gasteiger partial charge on any atom is -0.492 e. The molecule has 180 valence electrons. The lowest BCUT2D eigenvalue weighted by Gasteiger charge is -2.33. The van der Waals surface area contributed by atoms with Crippen molar-refractivity contribution >= 4 is 22.9 Å². The van der Waals surface area contributed by atoms with E-state index >= 15 is 0 Å². The first-order chi connectivity index (χ1) is 16.3. The molecule has 1 amide bonds. The van der Waals surface area contributed by atoms with Gasteiger partial charge in [-0.25, -0.2) is 4.98 Å². The van der Waals surface area contributed by atoms with E-state index in [-0.39, 0.29) is 11.3 Å². The molecule has 34 heavy (non-hydrogen) atoms. The van der Waals surface area contributed by atoms with Gasteiger partial charge >= 0.3 is 0 Å². The van der Waals surface area contributed by atoms with Crippen molar-refractivity contribution in [3.63, 3.8) is 0 Å². The predicted octanol–water partition coefficient (Wildman–Crippen LogP) is 5.49. The maximum Gasteiger partial charge on any atom is 0.267 e. The van der Waals surface area contributed by atoms with Gasteiger partial charge in [0, 0.05) is 24.5 Å². The quantitative estimate of drug-likeness (QED) is 0.427. The van der Waals surface area contributed by atoms with E-state index in [2.05, 4.69) is 32.9 Å². The molecule has 0 bridgehead atoms. The molecule has 1 unspecified atom stereocenters. The van der Waals surface area contributed by atoms with Gasteiger partial charge in [0.15, 0.2) is 6.10 Å². The van der Waals surface area contributed by atoms with Crippen LogP contribution in [0.4, 0.5) is 5.69 Å². The second-order valence-electron chi connectivity index (χ2n) is 9.42. The first-order valence-corrected chi connectivity index (χ1v) is 12.4. The van der Waals surface area contributed by atoms with Crippen molar-refractivity contribution in [2.75, 3.05) is 31.8 Å². The number of fused-ring (bicyclic) bond motifs is 1. The molecule has 0 saturated carbocycles. The van der Waals surface area contributed by atoms with Crippen LogP contribution in [-0.2, 0) is 21.4 Å². The van der Waals surface area contributed by atoms with Gasteiger partial charge in [0.1, 0.15) is 18.1 Å². The monoisotopic (exact) mass is 480 g/mol. The van der Waals surface area contributed by atoms with Gasteiger partial charge in [0.25, 0.3) is 5.91 Å². The number of carbonyl (C=O) groups is 1. The second kappa shape index (κ2) is 10.2.